The summed E-state index contributed by atoms with van der Waals surface area (Å²) in [5, 5.41) is 5.73. The molecule has 1 fully saturated rings. The number of thiazole rings is 1. The van der Waals surface area contributed by atoms with Crippen molar-refractivity contribution in [2.45, 2.75) is 6.54 Å². The predicted octanol–water partition coefficient (Wildman–Crippen LogP) is -0.809. The molecule has 1 aliphatic rings. The van der Waals surface area contributed by atoms with Crippen LogP contribution in [0.15, 0.2) is 11.7 Å². The third-order valence-corrected chi connectivity index (χ3v) is 3.28. The van der Waals surface area contributed by atoms with Gasteiger partial charge in [0.25, 0.3) is 0 Å². The summed E-state index contributed by atoms with van der Waals surface area (Å²) in [7, 11) is 0. The maximum Gasteiger partial charge on any atom is 0.311 e. The van der Waals surface area contributed by atoms with Gasteiger partial charge in [-0.25, -0.2) is 0 Å². The zero-order chi connectivity index (χ0) is 12.1. The fourth-order valence-electron chi connectivity index (χ4n) is 1.58. The Bertz CT molecular complexity index is 387. The number of hydrogen-bond acceptors (Lipinski definition) is 5. The number of aromatic nitrogens is 1. The maximum absolute atomic E-state index is 11.7. The van der Waals surface area contributed by atoms with Crippen LogP contribution in [0.5, 0.6) is 0 Å². The molecular weight excluding hydrogens is 240 g/mol. The summed E-state index contributed by atoms with van der Waals surface area (Å²) in [6.45, 7) is 3.03. The van der Waals surface area contributed by atoms with Crippen molar-refractivity contribution in [3.05, 3.63) is 16.6 Å². The molecular formula is C10H14N4O2S. The Labute approximate surface area is 103 Å². The first-order valence-electron chi connectivity index (χ1n) is 5.42. The van der Waals surface area contributed by atoms with Gasteiger partial charge in [-0.1, -0.05) is 0 Å². The van der Waals surface area contributed by atoms with Gasteiger partial charge < -0.3 is 15.5 Å². The molecule has 0 radical (unpaired) electrons. The van der Waals surface area contributed by atoms with Crippen molar-refractivity contribution in [1.82, 2.24) is 20.5 Å². The molecule has 0 atom stereocenters. The molecule has 0 aromatic carbocycles. The summed E-state index contributed by atoms with van der Waals surface area (Å²) in [5.74, 6) is -0.990. The molecule has 1 aromatic heterocycles. The van der Waals surface area contributed by atoms with E-state index in [1.165, 1.54) is 11.3 Å². The lowest BCUT2D eigenvalue weighted by Gasteiger charge is -2.26. The minimum absolute atomic E-state index is 0.362. The summed E-state index contributed by atoms with van der Waals surface area (Å²) in [6.07, 6.45) is 1.68. The van der Waals surface area contributed by atoms with E-state index >= 15 is 0 Å². The third-order valence-electron chi connectivity index (χ3n) is 2.51. The van der Waals surface area contributed by atoms with Gasteiger partial charge in [0.1, 0.15) is 0 Å². The number of hydrogen-bond donors (Lipinski definition) is 2. The number of carbonyl (C=O) groups excluding carboxylic acids is 2. The lowest BCUT2D eigenvalue weighted by atomic mass is 10.3. The smallest absolute Gasteiger partial charge is 0.311 e. The summed E-state index contributed by atoms with van der Waals surface area (Å²) in [4.78, 5) is 29.7. The second kappa shape index (κ2) is 5.74. The Morgan fingerprint density at radius 2 is 2.24 bits per heavy atom. The van der Waals surface area contributed by atoms with Crippen LogP contribution in [0.3, 0.4) is 0 Å². The van der Waals surface area contributed by atoms with Crippen LogP contribution < -0.4 is 10.6 Å². The Balaban J connectivity index is 1.80. The van der Waals surface area contributed by atoms with Crippen molar-refractivity contribution in [1.29, 1.82) is 0 Å². The van der Waals surface area contributed by atoms with Crippen molar-refractivity contribution in [2.75, 3.05) is 26.2 Å². The highest BCUT2D eigenvalue weighted by molar-refractivity contribution is 7.09. The largest absolute Gasteiger partial charge is 0.343 e. The third kappa shape index (κ3) is 3.24. The van der Waals surface area contributed by atoms with Crippen molar-refractivity contribution in [3.63, 3.8) is 0 Å². The summed E-state index contributed by atoms with van der Waals surface area (Å²) in [5.41, 5.74) is 1.69. The van der Waals surface area contributed by atoms with Gasteiger partial charge >= 0.3 is 11.8 Å². The van der Waals surface area contributed by atoms with Crippen LogP contribution in [0, 0.1) is 0 Å². The fraction of sp³-hybridized carbons (Fsp3) is 0.500. The lowest BCUT2D eigenvalue weighted by molar-refractivity contribution is -0.146. The molecule has 17 heavy (non-hydrogen) atoms. The SMILES string of the molecule is O=C(NCc1cncs1)C(=O)N1CCNCC1. The molecule has 7 heteroatoms. The Morgan fingerprint density at radius 3 is 2.88 bits per heavy atom. The molecule has 0 aliphatic carbocycles. The van der Waals surface area contributed by atoms with Gasteiger partial charge in [-0.05, 0) is 0 Å². The fourth-order valence-corrected chi connectivity index (χ4v) is 2.12. The van der Waals surface area contributed by atoms with Gasteiger partial charge in [0.15, 0.2) is 0 Å². The van der Waals surface area contributed by atoms with E-state index in [4.69, 9.17) is 0 Å². The van der Waals surface area contributed by atoms with Crippen molar-refractivity contribution >= 4 is 23.2 Å². The number of nitrogens with one attached hydrogen (secondary N) is 2. The highest BCUT2D eigenvalue weighted by Gasteiger charge is 2.22. The van der Waals surface area contributed by atoms with E-state index in [1.807, 2.05) is 0 Å². The van der Waals surface area contributed by atoms with E-state index < -0.39 is 11.8 Å². The molecule has 2 heterocycles. The molecule has 1 aliphatic heterocycles. The minimum atomic E-state index is -0.541. The second-order valence-electron chi connectivity index (χ2n) is 3.69. The predicted molar refractivity (Wildman–Crippen MR) is 63.4 cm³/mol. The number of carbonyl (C=O) groups is 2. The molecule has 2 N–H and O–H groups in total. The van der Waals surface area contributed by atoms with Gasteiger partial charge in [-0.15, -0.1) is 11.3 Å². The first kappa shape index (κ1) is 12.0. The number of piperazine rings is 1. The normalized spacial score (nSPS) is 15.6. The van der Waals surface area contributed by atoms with E-state index in [2.05, 4.69) is 15.6 Å². The van der Waals surface area contributed by atoms with Gasteiger partial charge in [-0.2, -0.15) is 0 Å². The Morgan fingerprint density at radius 1 is 1.47 bits per heavy atom. The Hall–Kier alpha value is -1.47. The summed E-state index contributed by atoms with van der Waals surface area (Å²) < 4.78 is 0. The summed E-state index contributed by atoms with van der Waals surface area (Å²) in [6, 6.07) is 0. The number of rotatable bonds is 2. The zero-order valence-electron chi connectivity index (χ0n) is 9.31. The van der Waals surface area contributed by atoms with Crippen LogP contribution in [0.25, 0.3) is 0 Å². The average Bonchev–Trinajstić information content (AvgIpc) is 2.89. The molecule has 0 saturated carbocycles. The molecule has 1 saturated heterocycles. The monoisotopic (exact) mass is 254 g/mol. The first-order chi connectivity index (χ1) is 8.27. The van der Waals surface area contributed by atoms with Crippen LogP contribution in [0.2, 0.25) is 0 Å². The molecule has 2 amide bonds. The molecule has 0 spiro atoms. The van der Waals surface area contributed by atoms with E-state index in [-0.39, 0.29) is 0 Å². The average molecular weight is 254 g/mol. The molecule has 92 valence electrons. The Kier molecular flexibility index (Phi) is 4.05. The standard InChI is InChI=1S/C10H14N4O2S/c15-9(13-6-8-5-12-7-17-8)10(16)14-3-1-11-2-4-14/h5,7,11H,1-4,6H2,(H,13,15). The second-order valence-corrected chi connectivity index (χ2v) is 4.66. The van der Waals surface area contributed by atoms with Crippen molar-refractivity contribution < 1.29 is 9.59 Å². The van der Waals surface area contributed by atoms with Crippen molar-refractivity contribution in [3.8, 4) is 0 Å². The van der Waals surface area contributed by atoms with Gasteiger partial charge in [0.05, 0.1) is 12.1 Å². The highest BCUT2D eigenvalue weighted by atomic mass is 32.1. The van der Waals surface area contributed by atoms with E-state index in [0.717, 1.165) is 18.0 Å². The molecule has 0 bridgehead atoms. The lowest BCUT2D eigenvalue weighted by Crippen LogP contribution is -2.51. The molecule has 0 unspecified atom stereocenters. The van der Waals surface area contributed by atoms with Gasteiger partial charge in [-0.3, -0.25) is 14.6 Å². The first-order valence-corrected chi connectivity index (χ1v) is 6.30. The van der Waals surface area contributed by atoms with Crippen LogP contribution in [-0.4, -0.2) is 47.9 Å². The van der Waals surface area contributed by atoms with Crippen molar-refractivity contribution in [2.24, 2.45) is 0 Å². The maximum atomic E-state index is 11.7. The van der Waals surface area contributed by atoms with Gasteiger partial charge in [0, 0.05) is 37.3 Å². The number of nitrogens with zero attached hydrogens (tertiary/aromatic N) is 2. The molecule has 2 rings (SSSR count). The van der Waals surface area contributed by atoms with Crippen LogP contribution in [0.4, 0.5) is 0 Å². The topological polar surface area (TPSA) is 74.3 Å². The van der Waals surface area contributed by atoms with Crippen LogP contribution in [-0.2, 0) is 16.1 Å². The van der Waals surface area contributed by atoms with Gasteiger partial charge in [0.2, 0.25) is 0 Å². The minimum Gasteiger partial charge on any atom is -0.343 e. The number of amides is 2. The van der Waals surface area contributed by atoms with E-state index in [0.29, 0.717) is 19.6 Å². The highest BCUT2D eigenvalue weighted by Crippen LogP contribution is 2.04. The molecule has 1 aromatic rings. The quantitative estimate of drug-likeness (QED) is 0.677. The zero-order valence-corrected chi connectivity index (χ0v) is 10.1. The van der Waals surface area contributed by atoms with Crippen LogP contribution >= 0.6 is 11.3 Å². The summed E-state index contributed by atoms with van der Waals surface area (Å²) >= 11 is 1.45. The van der Waals surface area contributed by atoms with E-state index in [9.17, 15) is 9.59 Å². The van der Waals surface area contributed by atoms with E-state index in [1.54, 1.807) is 16.6 Å². The molecule has 6 nitrogen and oxygen atoms in total. The van der Waals surface area contributed by atoms with Crippen LogP contribution in [0.1, 0.15) is 4.88 Å².